The Labute approximate surface area is 141 Å². The topological polar surface area (TPSA) is 81.3 Å². The highest BCUT2D eigenvalue weighted by Gasteiger charge is 2.28. The largest absolute Gasteiger partial charge is 0.349 e. The van der Waals surface area contributed by atoms with Crippen LogP contribution in [0.15, 0.2) is 29.2 Å². The third kappa shape index (κ3) is 2.77. The molecule has 1 aromatic carbocycles. The van der Waals surface area contributed by atoms with Gasteiger partial charge in [0, 0.05) is 23.9 Å². The zero-order chi connectivity index (χ0) is 16.7. The van der Waals surface area contributed by atoms with Gasteiger partial charge in [0.05, 0.1) is 16.1 Å². The molecule has 0 saturated carbocycles. The van der Waals surface area contributed by atoms with E-state index in [2.05, 4.69) is 5.10 Å². The van der Waals surface area contributed by atoms with Crippen LogP contribution < -0.4 is 10.5 Å². The Morgan fingerprint density at radius 1 is 1.43 bits per heavy atom. The summed E-state index contributed by atoms with van der Waals surface area (Å²) in [6, 6.07) is 4.79. The predicted octanol–water partition coefficient (Wildman–Crippen LogP) is 2.87. The van der Waals surface area contributed by atoms with Crippen molar-refractivity contribution in [2.24, 2.45) is 0 Å². The number of nitro benzene ring substituents is 1. The van der Waals surface area contributed by atoms with E-state index in [0.29, 0.717) is 6.42 Å². The SMILES string of the molecule is C[C@@H]1Cc2cc([N+](=O)[O-])ccc2N1Cn1ncc(Cl)c(Cl)c1=O. The number of nitro groups is 1. The highest BCUT2D eigenvalue weighted by Crippen LogP contribution is 2.34. The van der Waals surface area contributed by atoms with Gasteiger partial charge in [0.2, 0.25) is 0 Å². The number of anilines is 1. The van der Waals surface area contributed by atoms with Crippen LogP contribution in [0.4, 0.5) is 11.4 Å². The molecule has 2 heterocycles. The summed E-state index contributed by atoms with van der Waals surface area (Å²) in [6.45, 7) is 2.18. The van der Waals surface area contributed by atoms with Crippen LogP contribution >= 0.6 is 23.2 Å². The molecule has 23 heavy (non-hydrogen) atoms. The highest BCUT2D eigenvalue weighted by atomic mass is 35.5. The van der Waals surface area contributed by atoms with Gasteiger partial charge in [-0.15, -0.1) is 0 Å². The fourth-order valence-electron chi connectivity index (χ4n) is 2.70. The number of aromatic nitrogens is 2. The minimum atomic E-state index is -0.471. The van der Waals surface area contributed by atoms with Gasteiger partial charge in [-0.05, 0) is 25.0 Å². The standard InChI is InChI=1S/C14H12Cl2N4O3/c1-8-4-9-5-10(20(22)23)2-3-12(9)18(8)7-19-14(21)13(16)11(15)6-17-19/h2-3,5-6,8H,4,7H2,1H3/t8-/m1/s1. The highest BCUT2D eigenvalue weighted by molar-refractivity contribution is 6.41. The monoisotopic (exact) mass is 354 g/mol. The number of fused-ring (bicyclic) bond motifs is 1. The molecule has 0 fully saturated rings. The summed E-state index contributed by atoms with van der Waals surface area (Å²) in [6.07, 6.45) is 1.98. The molecule has 0 radical (unpaired) electrons. The van der Waals surface area contributed by atoms with Gasteiger partial charge >= 0.3 is 0 Å². The van der Waals surface area contributed by atoms with E-state index in [1.807, 2.05) is 11.8 Å². The Kier molecular flexibility index (Phi) is 3.99. The zero-order valence-corrected chi connectivity index (χ0v) is 13.6. The average Bonchev–Trinajstić information content (AvgIpc) is 2.82. The van der Waals surface area contributed by atoms with Gasteiger partial charge in [0.1, 0.15) is 11.7 Å². The molecule has 0 N–H and O–H groups in total. The molecule has 1 atom stereocenters. The molecular formula is C14H12Cl2N4O3. The number of rotatable bonds is 3. The minimum absolute atomic E-state index is 0.0580. The molecule has 120 valence electrons. The normalized spacial score (nSPS) is 16.5. The first-order valence-electron chi connectivity index (χ1n) is 6.83. The first-order valence-corrected chi connectivity index (χ1v) is 7.59. The van der Waals surface area contributed by atoms with Crippen molar-refractivity contribution in [2.45, 2.75) is 26.1 Å². The second-order valence-electron chi connectivity index (χ2n) is 5.35. The number of halogens is 2. The molecule has 2 aromatic rings. The van der Waals surface area contributed by atoms with Crippen molar-refractivity contribution in [1.29, 1.82) is 0 Å². The first kappa shape index (κ1) is 15.8. The van der Waals surface area contributed by atoms with Crippen molar-refractivity contribution in [3.8, 4) is 0 Å². The molecule has 0 aliphatic carbocycles. The maximum Gasteiger partial charge on any atom is 0.288 e. The summed E-state index contributed by atoms with van der Waals surface area (Å²) >= 11 is 11.6. The number of non-ortho nitro benzene ring substituents is 1. The first-order chi connectivity index (χ1) is 10.9. The maximum atomic E-state index is 12.1. The molecule has 0 bridgehead atoms. The van der Waals surface area contributed by atoms with Crippen molar-refractivity contribution >= 4 is 34.6 Å². The summed E-state index contributed by atoms with van der Waals surface area (Å²) in [4.78, 5) is 24.5. The van der Waals surface area contributed by atoms with E-state index in [1.54, 1.807) is 12.1 Å². The van der Waals surface area contributed by atoms with E-state index < -0.39 is 10.5 Å². The second kappa shape index (κ2) is 5.82. The van der Waals surface area contributed by atoms with E-state index >= 15 is 0 Å². The lowest BCUT2D eigenvalue weighted by molar-refractivity contribution is -0.384. The second-order valence-corrected chi connectivity index (χ2v) is 6.13. The van der Waals surface area contributed by atoms with Crippen LogP contribution in [0.2, 0.25) is 10.0 Å². The Morgan fingerprint density at radius 3 is 2.87 bits per heavy atom. The van der Waals surface area contributed by atoms with Crippen molar-refractivity contribution in [3.05, 3.63) is 60.5 Å². The van der Waals surface area contributed by atoms with Crippen LogP contribution in [0.5, 0.6) is 0 Å². The third-order valence-corrected chi connectivity index (χ3v) is 4.61. The molecule has 0 amide bonds. The minimum Gasteiger partial charge on any atom is -0.349 e. The molecule has 1 aliphatic heterocycles. The molecule has 0 saturated heterocycles. The van der Waals surface area contributed by atoms with E-state index in [9.17, 15) is 14.9 Å². The Balaban J connectivity index is 1.96. The van der Waals surface area contributed by atoms with E-state index in [-0.39, 0.29) is 28.4 Å². The van der Waals surface area contributed by atoms with Gasteiger partial charge in [-0.25, -0.2) is 4.68 Å². The van der Waals surface area contributed by atoms with E-state index in [1.165, 1.54) is 16.9 Å². The number of hydrogen-bond acceptors (Lipinski definition) is 5. The summed E-state index contributed by atoms with van der Waals surface area (Å²) in [7, 11) is 0. The van der Waals surface area contributed by atoms with Gasteiger partial charge in [0.15, 0.2) is 0 Å². The maximum absolute atomic E-state index is 12.1. The Bertz CT molecular complexity index is 852. The molecule has 0 spiro atoms. The average molecular weight is 355 g/mol. The van der Waals surface area contributed by atoms with Crippen molar-refractivity contribution in [2.75, 3.05) is 4.90 Å². The van der Waals surface area contributed by atoms with Gasteiger partial charge < -0.3 is 4.90 Å². The summed E-state index contributed by atoms with van der Waals surface area (Å²) < 4.78 is 1.22. The number of hydrogen-bond donors (Lipinski definition) is 0. The molecular weight excluding hydrogens is 343 g/mol. The number of nitrogens with zero attached hydrogens (tertiary/aromatic N) is 4. The molecule has 1 aromatic heterocycles. The zero-order valence-electron chi connectivity index (χ0n) is 12.1. The Hall–Kier alpha value is -2.12. The lowest BCUT2D eigenvalue weighted by atomic mass is 10.1. The number of benzene rings is 1. The summed E-state index contributed by atoms with van der Waals surface area (Å²) in [5.41, 5.74) is 1.31. The van der Waals surface area contributed by atoms with Crippen LogP contribution in [-0.4, -0.2) is 20.7 Å². The van der Waals surface area contributed by atoms with Crippen LogP contribution in [0.3, 0.4) is 0 Å². The summed E-state index contributed by atoms with van der Waals surface area (Å²) in [5, 5.41) is 14.9. The summed E-state index contributed by atoms with van der Waals surface area (Å²) in [5.74, 6) is 0. The lowest BCUT2D eigenvalue weighted by Crippen LogP contribution is -2.37. The molecule has 9 heteroatoms. The fourth-order valence-corrected chi connectivity index (χ4v) is 2.97. The molecule has 7 nitrogen and oxygen atoms in total. The molecule has 0 unspecified atom stereocenters. The Morgan fingerprint density at radius 2 is 2.17 bits per heavy atom. The van der Waals surface area contributed by atoms with Crippen LogP contribution in [0, 0.1) is 10.1 Å². The predicted molar refractivity (Wildman–Crippen MR) is 87.3 cm³/mol. The van der Waals surface area contributed by atoms with Gasteiger partial charge in [0.25, 0.3) is 11.2 Å². The quantitative estimate of drug-likeness (QED) is 0.625. The van der Waals surface area contributed by atoms with Crippen molar-refractivity contribution in [1.82, 2.24) is 9.78 Å². The van der Waals surface area contributed by atoms with Gasteiger partial charge in [-0.1, -0.05) is 23.2 Å². The van der Waals surface area contributed by atoms with Gasteiger partial charge in [-0.3, -0.25) is 14.9 Å². The fraction of sp³-hybridized carbons (Fsp3) is 0.286. The van der Waals surface area contributed by atoms with Crippen molar-refractivity contribution in [3.63, 3.8) is 0 Å². The molecule has 1 aliphatic rings. The third-order valence-electron chi connectivity index (χ3n) is 3.86. The van der Waals surface area contributed by atoms with Crippen LogP contribution in [0.25, 0.3) is 0 Å². The van der Waals surface area contributed by atoms with E-state index in [4.69, 9.17) is 23.2 Å². The van der Waals surface area contributed by atoms with Crippen molar-refractivity contribution < 1.29 is 4.92 Å². The van der Waals surface area contributed by atoms with Crippen LogP contribution in [0.1, 0.15) is 12.5 Å². The van der Waals surface area contributed by atoms with Gasteiger partial charge in [-0.2, -0.15) is 5.10 Å². The van der Waals surface area contributed by atoms with E-state index in [0.717, 1.165) is 11.3 Å². The lowest BCUT2D eigenvalue weighted by Gasteiger charge is -2.25. The smallest absolute Gasteiger partial charge is 0.288 e. The molecule has 3 rings (SSSR count). The van der Waals surface area contributed by atoms with Crippen LogP contribution in [-0.2, 0) is 13.1 Å².